The second-order valence-corrected chi connectivity index (χ2v) is 13.1. The third kappa shape index (κ3) is 3.03. The average molecular weight is 548 g/mol. The molecular weight excluding hydrogens is 525 g/mol. The molecule has 7 aromatic rings. The lowest BCUT2D eigenvalue weighted by molar-refractivity contribution is 0.463. The molecule has 2 aliphatic heterocycles. The molecule has 1 unspecified atom stereocenters. The van der Waals surface area contributed by atoms with Crippen molar-refractivity contribution < 1.29 is 14.0 Å². The van der Waals surface area contributed by atoms with Gasteiger partial charge in [0.15, 0.2) is 7.14 Å². The average Bonchev–Trinajstić information content (AvgIpc) is 3.35. The topological polar surface area (TPSA) is 40.5 Å². The van der Waals surface area contributed by atoms with Gasteiger partial charge in [-0.2, -0.15) is 0 Å². The highest BCUT2D eigenvalue weighted by molar-refractivity contribution is 7.86. The van der Waals surface area contributed by atoms with Crippen LogP contribution < -0.4 is 25.4 Å². The van der Waals surface area contributed by atoms with E-state index in [1.165, 1.54) is 10.8 Å². The van der Waals surface area contributed by atoms with E-state index < -0.39 is 7.14 Å². The van der Waals surface area contributed by atoms with Gasteiger partial charge in [-0.15, -0.1) is 0 Å². The Bertz CT molecular complexity index is 2230. The van der Waals surface area contributed by atoms with Crippen LogP contribution in [-0.4, -0.2) is 4.57 Å². The Morgan fingerprint density at radius 1 is 0.537 bits per heavy atom. The first-order valence-corrected chi connectivity index (χ1v) is 15.3. The van der Waals surface area contributed by atoms with Gasteiger partial charge in [0.25, 0.3) is 0 Å². The maximum atomic E-state index is 15.3. The van der Waals surface area contributed by atoms with Crippen molar-refractivity contribution in [3.05, 3.63) is 133 Å². The molecule has 6 aromatic carbocycles. The maximum absolute atomic E-state index is 15.3. The van der Waals surface area contributed by atoms with Gasteiger partial charge in [-0.1, -0.05) is 72.8 Å². The Kier molecular flexibility index (Phi) is 4.57. The summed E-state index contributed by atoms with van der Waals surface area (Å²) in [5, 5.41) is 4.43. The van der Waals surface area contributed by atoms with Crippen LogP contribution in [0, 0.1) is 0 Å². The van der Waals surface area contributed by atoms with Crippen LogP contribution in [0.15, 0.2) is 133 Å². The number of aromatic nitrogens is 1. The molecular formula is C36H22NO3P. The van der Waals surface area contributed by atoms with Gasteiger partial charge in [-0.25, -0.2) is 0 Å². The van der Waals surface area contributed by atoms with Gasteiger partial charge in [0.05, 0.1) is 21.6 Å². The van der Waals surface area contributed by atoms with Crippen molar-refractivity contribution in [3.8, 4) is 39.8 Å². The fourth-order valence-electron chi connectivity index (χ4n) is 6.46. The van der Waals surface area contributed by atoms with Gasteiger partial charge in [-0.3, -0.25) is 0 Å². The van der Waals surface area contributed by atoms with E-state index in [1.807, 2.05) is 66.7 Å². The minimum Gasteiger partial charge on any atom is -0.456 e. The third-order valence-corrected chi connectivity index (χ3v) is 11.4. The van der Waals surface area contributed by atoms with Crippen LogP contribution in [0.3, 0.4) is 0 Å². The van der Waals surface area contributed by atoms with Gasteiger partial charge in [0.2, 0.25) is 0 Å². The highest BCUT2D eigenvalue weighted by atomic mass is 31.2. The van der Waals surface area contributed by atoms with Crippen LogP contribution in [0.1, 0.15) is 0 Å². The van der Waals surface area contributed by atoms with E-state index in [4.69, 9.17) is 9.47 Å². The second-order valence-electron chi connectivity index (χ2n) is 10.5. The Balaban J connectivity index is 1.34. The van der Waals surface area contributed by atoms with Crippen LogP contribution in [0.25, 0.3) is 38.6 Å². The zero-order valence-electron chi connectivity index (χ0n) is 21.8. The molecule has 0 amide bonds. The minimum absolute atomic E-state index is 0.583. The number of ether oxygens (including phenoxy) is 2. The number of fused-ring (bicyclic) bond motifs is 7. The van der Waals surface area contributed by atoms with Gasteiger partial charge in [0, 0.05) is 22.0 Å². The molecule has 0 fully saturated rings. The largest absolute Gasteiger partial charge is 0.456 e. The first kappa shape index (κ1) is 22.7. The number of benzene rings is 6. The Labute approximate surface area is 236 Å². The highest BCUT2D eigenvalue weighted by Crippen LogP contribution is 2.59. The van der Waals surface area contributed by atoms with Gasteiger partial charge in [0.1, 0.15) is 28.3 Å². The molecule has 0 radical (unpaired) electrons. The molecule has 1 aromatic heterocycles. The molecule has 194 valence electrons. The second kappa shape index (κ2) is 8.23. The van der Waals surface area contributed by atoms with Crippen molar-refractivity contribution in [1.82, 2.24) is 4.57 Å². The summed E-state index contributed by atoms with van der Waals surface area (Å²) >= 11 is 0. The quantitative estimate of drug-likeness (QED) is 0.205. The fourth-order valence-corrected chi connectivity index (χ4v) is 9.54. The van der Waals surface area contributed by atoms with Crippen molar-refractivity contribution in [3.63, 3.8) is 0 Å². The molecule has 1 atom stereocenters. The molecule has 0 spiro atoms. The number of hydrogen-bond acceptors (Lipinski definition) is 3. The number of hydrogen-bond donors (Lipinski definition) is 0. The van der Waals surface area contributed by atoms with Crippen LogP contribution in [0.2, 0.25) is 0 Å². The molecule has 0 aliphatic carbocycles. The van der Waals surface area contributed by atoms with Gasteiger partial charge < -0.3 is 18.6 Å². The summed E-state index contributed by atoms with van der Waals surface area (Å²) in [4.78, 5) is 0. The molecule has 0 bridgehead atoms. The lowest BCUT2D eigenvalue weighted by Gasteiger charge is -2.35. The zero-order valence-corrected chi connectivity index (χ0v) is 22.7. The summed E-state index contributed by atoms with van der Waals surface area (Å²) in [5.74, 6) is 2.44. The lowest BCUT2D eigenvalue weighted by atomic mass is 10.0. The number of rotatable bonds is 2. The number of para-hydroxylation sites is 4. The monoisotopic (exact) mass is 547 g/mol. The summed E-state index contributed by atoms with van der Waals surface area (Å²) in [5.41, 5.74) is 5.22. The Morgan fingerprint density at radius 3 is 2.00 bits per heavy atom. The van der Waals surface area contributed by atoms with Crippen LogP contribution >= 0.6 is 7.14 Å². The summed E-state index contributed by atoms with van der Waals surface area (Å²) in [7, 11) is -3.25. The summed E-state index contributed by atoms with van der Waals surface area (Å²) in [6.45, 7) is 0. The maximum Gasteiger partial charge on any atom is 0.185 e. The van der Waals surface area contributed by atoms with Crippen molar-refractivity contribution in [2.75, 3.05) is 0 Å². The summed E-state index contributed by atoms with van der Waals surface area (Å²) in [6, 6.07) is 44.7. The molecule has 0 N–H and O–H groups in total. The van der Waals surface area contributed by atoms with E-state index >= 15 is 4.57 Å². The predicted octanol–water partition coefficient (Wildman–Crippen LogP) is 8.30. The van der Waals surface area contributed by atoms with Crippen molar-refractivity contribution in [2.45, 2.75) is 0 Å². The fraction of sp³-hybridized carbons (Fsp3) is 0. The van der Waals surface area contributed by atoms with E-state index in [0.29, 0.717) is 38.9 Å². The van der Waals surface area contributed by atoms with E-state index in [-0.39, 0.29) is 0 Å². The normalized spacial score (nSPS) is 16.4. The van der Waals surface area contributed by atoms with Crippen molar-refractivity contribution in [2.24, 2.45) is 0 Å². The smallest absolute Gasteiger partial charge is 0.185 e. The Hall–Kier alpha value is -5.05. The van der Waals surface area contributed by atoms with E-state index in [9.17, 15) is 0 Å². The molecule has 0 saturated carbocycles. The van der Waals surface area contributed by atoms with Crippen LogP contribution in [0.4, 0.5) is 0 Å². The first-order chi connectivity index (χ1) is 20.2. The SMILES string of the molecule is O=P12c3ccccc3Oc3ccc(-c4ccc5c6ccccc6n(-c6ccccc6)c5c4)c(c31)Oc1ccccc12. The summed E-state index contributed by atoms with van der Waals surface area (Å²) < 4.78 is 30.6. The molecule has 41 heavy (non-hydrogen) atoms. The molecule has 9 rings (SSSR count). The predicted molar refractivity (Wildman–Crippen MR) is 166 cm³/mol. The van der Waals surface area contributed by atoms with Gasteiger partial charge in [-0.05, 0) is 66.2 Å². The molecule has 2 aliphatic rings. The molecule has 4 nitrogen and oxygen atoms in total. The van der Waals surface area contributed by atoms with Crippen molar-refractivity contribution in [1.29, 1.82) is 0 Å². The summed E-state index contributed by atoms with van der Waals surface area (Å²) in [6.07, 6.45) is 0. The van der Waals surface area contributed by atoms with Gasteiger partial charge >= 0.3 is 0 Å². The van der Waals surface area contributed by atoms with Crippen LogP contribution in [0.5, 0.6) is 23.0 Å². The van der Waals surface area contributed by atoms with Crippen molar-refractivity contribution >= 4 is 44.9 Å². The lowest BCUT2D eigenvalue weighted by Crippen LogP contribution is -2.35. The molecule has 3 heterocycles. The van der Waals surface area contributed by atoms with E-state index in [0.717, 1.165) is 27.8 Å². The Morgan fingerprint density at radius 2 is 1.20 bits per heavy atom. The van der Waals surface area contributed by atoms with E-state index in [2.05, 4.69) is 71.3 Å². The standard InChI is InChI=1S/C36H22NO3P/c38-41-33-16-8-6-14-30(33)39-32-21-20-25(35(36(32)41)40-31-15-7-9-17-34(31)41)23-18-19-27-26-12-4-5-13-28(26)37(29(27)22-23)24-10-2-1-3-11-24/h1-22H. The molecule has 0 saturated heterocycles. The minimum atomic E-state index is -3.25. The third-order valence-electron chi connectivity index (χ3n) is 8.25. The zero-order chi connectivity index (χ0) is 27.1. The van der Waals surface area contributed by atoms with Crippen LogP contribution in [-0.2, 0) is 4.57 Å². The highest BCUT2D eigenvalue weighted by Gasteiger charge is 2.47. The van der Waals surface area contributed by atoms with E-state index in [1.54, 1.807) is 0 Å². The first-order valence-electron chi connectivity index (χ1n) is 13.6. The number of nitrogens with zero attached hydrogens (tertiary/aromatic N) is 1. The molecule has 5 heteroatoms.